The Labute approximate surface area is 112 Å². The minimum Gasteiger partial charge on any atom is -0.506 e. The quantitative estimate of drug-likeness (QED) is 0.796. The molecule has 2 aromatic rings. The minimum atomic E-state index is 0.0833. The number of aryl methyl sites for hydroxylation is 2. The molecule has 0 fully saturated rings. The minimum absolute atomic E-state index is 0.0833. The van der Waals surface area contributed by atoms with Crippen molar-refractivity contribution in [3.05, 3.63) is 58.1 Å². The van der Waals surface area contributed by atoms with Gasteiger partial charge < -0.3 is 5.11 Å². The highest BCUT2D eigenvalue weighted by atomic mass is 35.5. The van der Waals surface area contributed by atoms with Gasteiger partial charge in [-0.05, 0) is 60.9 Å². The first-order valence-electron chi connectivity index (χ1n) is 5.66. The number of hydrogen-bond acceptors (Lipinski definition) is 2. The average molecular weight is 260 g/mol. The summed E-state index contributed by atoms with van der Waals surface area (Å²) in [7, 11) is 0. The maximum atomic E-state index is 9.32. The van der Waals surface area contributed by atoms with Gasteiger partial charge >= 0.3 is 0 Å². The van der Waals surface area contributed by atoms with Crippen molar-refractivity contribution < 1.29 is 5.11 Å². The molecule has 0 aliphatic rings. The predicted octanol–water partition coefficient (Wildman–Crippen LogP) is 4.41. The summed E-state index contributed by atoms with van der Waals surface area (Å²) >= 11 is 5.83. The van der Waals surface area contributed by atoms with Crippen molar-refractivity contribution in [2.24, 2.45) is 4.99 Å². The fraction of sp³-hybridized carbons (Fsp3) is 0.133. The average Bonchev–Trinajstić information content (AvgIpc) is 2.35. The standard InChI is InChI=1S/C15H14ClNO/c1-10-3-5-13(7-11(10)2)17-9-12-4-6-15(18)14(16)8-12/h3-9,18H,1-2H3. The van der Waals surface area contributed by atoms with E-state index in [1.165, 1.54) is 11.1 Å². The van der Waals surface area contributed by atoms with E-state index in [9.17, 15) is 5.11 Å². The summed E-state index contributed by atoms with van der Waals surface area (Å²) < 4.78 is 0. The first-order chi connectivity index (χ1) is 8.56. The molecule has 0 bridgehead atoms. The Morgan fingerprint density at radius 2 is 1.83 bits per heavy atom. The van der Waals surface area contributed by atoms with E-state index < -0.39 is 0 Å². The van der Waals surface area contributed by atoms with Crippen molar-refractivity contribution >= 4 is 23.5 Å². The molecule has 0 aliphatic carbocycles. The molecule has 2 rings (SSSR count). The van der Waals surface area contributed by atoms with Gasteiger partial charge in [0.25, 0.3) is 0 Å². The summed E-state index contributed by atoms with van der Waals surface area (Å²) in [6, 6.07) is 11.1. The second-order valence-electron chi connectivity index (χ2n) is 4.24. The number of aliphatic imine (C=N–C) groups is 1. The molecule has 0 radical (unpaired) electrons. The molecule has 2 aromatic carbocycles. The van der Waals surface area contributed by atoms with Crippen molar-refractivity contribution in [2.75, 3.05) is 0 Å². The van der Waals surface area contributed by atoms with Crippen LogP contribution in [0.5, 0.6) is 5.75 Å². The molecule has 0 amide bonds. The SMILES string of the molecule is Cc1ccc(N=Cc2ccc(O)c(Cl)c2)cc1C. The Bertz CT molecular complexity index is 552. The monoisotopic (exact) mass is 259 g/mol. The smallest absolute Gasteiger partial charge is 0.134 e. The maximum Gasteiger partial charge on any atom is 0.134 e. The number of nitrogens with zero attached hydrogens (tertiary/aromatic N) is 1. The summed E-state index contributed by atoms with van der Waals surface area (Å²) in [6.07, 6.45) is 1.73. The third-order valence-corrected chi connectivity index (χ3v) is 3.13. The zero-order valence-corrected chi connectivity index (χ0v) is 11.1. The predicted molar refractivity (Wildman–Crippen MR) is 76.3 cm³/mol. The van der Waals surface area contributed by atoms with Gasteiger partial charge in [0.2, 0.25) is 0 Å². The highest BCUT2D eigenvalue weighted by Gasteiger charge is 1.98. The molecule has 92 valence electrons. The number of phenolic OH excluding ortho intramolecular Hbond substituents is 1. The molecular weight excluding hydrogens is 246 g/mol. The third kappa shape index (κ3) is 2.90. The van der Waals surface area contributed by atoms with E-state index in [0.29, 0.717) is 5.02 Å². The number of phenols is 1. The Hall–Kier alpha value is -1.80. The third-order valence-electron chi connectivity index (χ3n) is 2.82. The normalized spacial score (nSPS) is 11.1. The van der Waals surface area contributed by atoms with E-state index in [1.807, 2.05) is 18.2 Å². The molecule has 3 heteroatoms. The van der Waals surface area contributed by atoms with E-state index in [2.05, 4.69) is 18.8 Å². The molecule has 0 spiro atoms. The van der Waals surface area contributed by atoms with Gasteiger partial charge in [0, 0.05) is 6.21 Å². The highest BCUT2D eigenvalue weighted by Crippen LogP contribution is 2.23. The Morgan fingerprint density at radius 1 is 1.06 bits per heavy atom. The Balaban J connectivity index is 2.24. The van der Waals surface area contributed by atoms with E-state index in [-0.39, 0.29) is 5.75 Å². The van der Waals surface area contributed by atoms with Gasteiger partial charge in [0.05, 0.1) is 10.7 Å². The van der Waals surface area contributed by atoms with Crippen LogP contribution in [0.4, 0.5) is 5.69 Å². The highest BCUT2D eigenvalue weighted by molar-refractivity contribution is 6.32. The second-order valence-corrected chi connectivity index (χ2v) is 4.64. The van der Waals surface area contributed by atoms with Crippen molar-refractivity contribution in [3.63, 3.8) is 0 Å². The van der Waals surface area contributed by atoms with Crippen molar-refractivity contribution in [3.8, 4) is 5.75 Å². The van der Waals surface area contributed by atoms with E-state index in [4.69, 9.17) is 11.6 Å². The van der Waals surface area contributed by atoms with Gasteiger partial charge in [-0.1, -0.05) is 17.7 Å². The molecule has 0 aliphatic heterocycles. The lowest BCUT2D eigenvalue weighted by atomic mass is 10.1. The molecule has 0 saturated heterocycles. The first-order valence-corrected chi connectivity index (χ1v) is 6.04. The van der Waals surface area contributed by atoms with Crippen LogP contribution in [0.1, 0.15) is 16.7 Å². The lowest BCUT2D eigenvalue weighted by molar-refractivity contribution is 0.475. The summed E-state index contributed by atoms with van der Waals surface area (Å²) in [5, 5.41) is 9.65. The molecular formula is C15H14ClNO. The van der Waals surface area contributed by atoms with Gasteiger partial charge in [-0.25, -0.2) is 0 Å². The summed E-state index contributed by atoms with van der Waals surface area (Å²) in [4.78, 5) is 4.38. The number of hydrogen-bond donors (Lipinski definition) is 1. The molecule has 0 unspecified atom stereocenters. The molecule has 0 heterocycles. The topological polar surface area (TPSA) is 32.6 Å². The largest absolute Gasteiger partial charge is 0.506 e. The van der Waals surface area contributed by atoms with Crippen molar-refractivity contribution in [2.45, 2.75) is 13.8 Å². The van der Waals surface area contributed by atoms with Crippen LogP contribution in [0.3, 0.4) is 0 Å². The van der Waals surface area contributed by atoms with Crippen molar-refractivity contribution in [1.82, 2.24) is 0 Å². The van der Waals surface area contributed by atoms with Crippen LogP contribution in [0.15, 0.2) is 41.4 Å². The number of rotatable bonds is 2. The lowest BCUT2D eigenvalue weighted by Crippen LogP contribution is -1.82. The molecule has 1 N–H and O–H groups in total. The van der Waals surface area contributed by atoms with Gasteiger partial charge in [-0.15, -0.1) is 0 Å². The van der Waals surface area contributed by atoms with Gasteiger partial charge in [-0.3, -0.25) is 4.99 Å². The van der Waals surface area contributed by atoms with Crippen LogP contribution in [0, 0.1) is 13.8 Å². The van der Waals surface area contributed by atoms with E-state index in [0.717, 1.165) is 11.3 Å². The molecule has 0 atom stereocenters. The first kappa shape index (κ1) is 12.7. The number of halogens is 1. The van der Waals surface area contributed by atoms with Crippen LogP contribution in [-0.2, 0) is 0 Å². The van der Waals surface area contributed by atoms with Crippen LogP contribution >= 0.6 is 11.6 Å². The van der Waals surface area contributed by atoms with Crippen LogP contribution in [0.2, 0.25) is 5.02 Å². The molecule has 2 nitrogen and oxygen atoms in total. The molecule has 18 heavy (non-hydrogen) atoms. The van der Waals surface area contributed by atoms with Gasteiger partial charge in [-0.2, -0.15) is 0 Å². The Morgan fingerprint density at radius 3 is 2.50 bits per heavy atom. The maximum absolute atomic E-state index is 9.32. The zero-order chi connectivity index (χ0) is 13.1. The molecule has 0 aromatic heterocycles. The number of aromatic hydroxyl groups is 1. The van der Waals surface area contributed by atoms with Crippen LogP contribution in [-0.4, -0.2) is 11.3 Å². The summed E-state index contributed by atoms with van der Waals surface area (Å²) in [5.41, 5.74) is 4.23. The van der Waals surface area contributed by atoms with Crippen molar-refractivity contribution in [1.29, 1.82) is 0 Å². The number of benzene rings is 2. The zero-order valence-electron chi connectivity index (χ0n) is 10.3. The summed E-state index contributed by atoms with van der Waals surface area (Å²) in [6.45, 7) is 4.13. The molecule has 0 saturated carbocycles. The Kier molecular flexibility index (Phi) is 3.68. The fourth-order valence-electron chi connectivity index (χ4n) is 1.56. The second kappa shape index (κ2) is 5.23. The van der Waals surface area contributed by atoms with Crippen LogP contribution in [0.25, 0.3) is 0 Å². The fourth-order valence-corrected chi connectivity index (χ4v) is 1.75. The van der Waals surface area contributed by atoms with E-state index in [1.54, 1.807) is 24.4 Å². The van der Waals surface area contributed by atoms with Crippen LogP contribution < -0.4 is 0 Å². The van der Waals surface area contributed by atoms with E-state index >= 15 is 0 Å². The summed E-state index contributed by atoms with van der Waals surface area (Å²) in [5.74, 6) is 0.0833. The lowest BCUT2D eigenvalue weighted by Gasteiger charge is -2.01. The van der Waals surface area contributed by atoms with Gasteiger partial charge in [0.15, 0.2) is 0 Å². The van der Waals surface area contributed by atoms with Gasteiger partial charge in [0.1, 0.15) is 5.75 Å².